The second kappa shape index (κ2) is 5.36. The monoisotopic (exact) mass is 267 g/mol. The first kappa shape index (κ1) is 13.5. The molecule has 0 saturated carbocycles. The first-order valence-corrected chi connectivity index (χ1v) is 7.30. The van der Waals surface area contributed by atoms with Crippen molar-refractivity contribution >= 4 is 17.2 Å². The molecule has 1 unspecified atom stereocenters. The van der Waals surface area contributed by atoms with E-state index in [1.54, 1.807) is 11.3 Å². The van der Waals surface area contributed by atoms with E-state index in [0.29, 0.717) is 6.54 Å². The van der Waals surface area contributed by atoms with Crippen LogP contribution in [0.2, 0.25) is 0 Å². The van der Waals surface area contributed by atoms with Gasteiger partial charge in [0.25, 0.3) is 0 Å². The van der Waals surface area contributed by atoms with E-state index in [9.17, 15) is 4.79 Å². The van der Waals surface area contributed by atoms with Crippen LogP contribution in [0.15, 0.2) is 5.51 Å². The molecule has 2 rings (SSSR count). The second-order valence-corrected chi connectivity index (χ2v) is 6.18. The highest BCUT2D eigenvalue weighted by atomic mass is 32.1. The Morgan fingerprint density at radius 2 is 2.39 bits per heavy atom. The number of nitrogens with one attached hydrogen (secondary N) is 1. The quantitative estimate of drug-likeness (QED) is 0.910. The summed E-state index contributed by atoms with van der Waals surface area (Å²) in [6.45, 7) is 5.61. The van der Waals surface area contributed by atoms with Crippen LogP contribution in [0.5, 0.6) is 0 Å². The number of rotatable bonds is 3. The van der Waals surface area contributed by atoms with Crippen molar-refractivity contribution in [3.63, 3.8) is 0 Å². The van der Waals surface area contributed by atoms with Gasteiger partial charge >= 0.3 is 0 Å². The summed E-state index contributed by atoms with van der Waals surface area (Å²) in [5, 5.41) is 3.37. The zero-order valence-corrected chi connectivity index (χ0v) is 12.1. The molecule has 2 heterocycles. The summed E-state index contributed by atoms with van der Waals surface area (Å²) in [6, 6.07) is 0. The molecule has 1 amide bonds. The van der Waals surface area contributed by atoms with Crippen LogP contribution in [0.1, 0.15) is 36.8 Å². The SMILES string of the molecule is Cc1ncsc1CN(C)C(=O)C1(C)CCCCN1. The number of thiazole rings is 1. The number of aromatic nitrogens is 1. The molecule has 0 spiro atoms. The number of carbonyl (C=O) groups is 1. The van der Waals surface area contributed by atoms with E-state index >= 15 is 0 Å². The standard InChI is InChI=1S/C13H21N3OS/c1-10-11(18-9-14-10)8-16(3)12(17)13(2)6-4-5-7-15-13/h9,15H,4-8H2,1-3H3. The molecule has 0 aliphatic carbocycles. The van der Waals surface area contributed by atoms with Crippen LogP contribution < -0.4 is 5.32 Å². The van der Waals surface area contributed by atoms with Gasteiger partial charge in [-0.2, -0.15) is 0 Å². The lowest BCUT2D eigenvalue weighted by Crippen LogP contribution is -2.57. The molecule has 0 aromatic carbocycles. The number of hydrogen-bond acceptors (Lipinski definition) is 4. The van der Waals surface area contributed by atoms with Gasteiger partial charge in [0.2, 0.25) is 5.91 Å². The lowest BCUT2D eigenvalue weighted by Gasteiger charge is -2.36. The fourth-order valence-electron chi connectivity index (χ4n) is 2.43. The van der Waals surface area contributed by atoms with Crippen molar-refractivity contribution in [1.82, 2.24) is 15.2 Å². The summed E-state index contributed by atoms with van der Waals surface area (Å²) in [4.78, 5) is 19.7. The van der Waals surface area contributed by atoms with E-state index in [0.717, 1.165) is 25.1 Å². The largest absolute Gasteiger partial charge is 0.339 e. The number of nitrogens with zero attached hydrogens (tertiary/aromatic N) is 2. The normalized spacial score (nSPS) is 23.9. The number of carbonyl (C=O) groups excluding carboxylic acids is 1. The van der Waals surface area contributed by atoms with Crippen molar-refractivity contribution in [3.8, 4) is 0 Å². The van der Waals surface area contributed by atoms with Crippen LogP contribution in [0, 0.1) is 6.92 Å². The zero-order chi connectivity index (χ0) is 13.2. The predicted octanol–water partition coefficient (Wildman–Crippen LogP) is 1.94. The minimum Gasteiger partial charge on any atom is -0.339 e. The van der Waals surface area contributed by atoms with Crippen LogP contribution in [0.25, 0.3) is 0 Å². The van der Waals surface area contributed by atoms with E-state index in [4.69, 9.17) is 0 Å². The molecule has 18 heavy (non-hydrogen) atoms. The van der Waals surface area contributed by atoms with Crippen molar-refractivity contribution in [1.29, 1.82) is 0 Å². The Morgan fingerprint density at radius 3 is 2.94 bits per heavy atom. The van der Waals surface area contributed by atoms with Crippen molar-refractivity contribution < 1.29 is 4.79 Å². The maximum absolute atomic E-state index is 12.5. The number of piperidine rings is 1. The van der Waals surface area contributed by atoms with Gasteiger partial charge in [0, 0.05) is 11.9 Å². The van der Waals surface area contributed by atoms with Crippen LogP contribution in [-0.2, 0) is 11.3 Å². The molecule has 5 heteroatoms. The number of likely N-dealkylation sites (N-methyl/N-ethyl adjacent to an activating group) is 1. The van der Waals surface area contributed by atoms with E-state index in [-0.39, 0.29) is 11.4 Å². The molecule has 1 N–H and O–H groups in total. The third kappa shape index (κ3) is 2.72. The maximum atomic E-state index is 12.5. The smallest absolute Gasteiger partial charge is 0.242 e. The molecule has 100 valence electrons. The second-order valence-electron chi connectivity index (χ2n) is 5.24. The first-order valence-electron chi connectivity index (χ1n) is 6.42. The van der Waals surface area contributed by atoms with Gasteiger partial charge in [0.05, 0.1) is 23.3 Å². The molecule has 1 aromatic heterocycles. The Bertz CT molecular complexity index is 424. The Labute approximate surface area is 112 Å². The fraction of sp³-hybridized carbons (Fsp3) is 0.692. The van der Waals surface area contributed by atoms with Gasteiger partial charge in [0.1, 0.15) is 0 Å². The molecule has 1 aromatic rings. The van der Waals surface area contributed by atoms with Crippen LogP contribution in [-0.4, -0.2) is 34.9 Å². The van der Waals surface area contributed by atoms with Gasteiger partial charge < -0.3 is 10.2 Å². The third-order valence-corrected chi connectivity index (χ3v) is 4.58. The van der Waals surface area contributed by atoms with E-state index < -0.39 is 0 Å². The number of amides is 1. The minimum atomic E-state index is -0.383. The van der Waals surface area contributed by atoms with E-state index in [1.807, 2.05) is 31.3 Å². The highest BCUT2D eigenvalue weighted by molar-refractivity contribution is 7.09. The molecule has 1 aliphatic rings. The molecule has 1 aliphatic heterocycles. The predicted molar refractivity (Wildman–Crippen MR) is 73.6 cm³/mol. The Hall–Kier alpha value is -0.940. The van der Waals surface area contributed by atoms with Crippen molar-refractivity contribution in [2.75, 3.05) is 13.6 Å². The van der Waals surface area contributed by atoms with Crippen molar-refractivity contribution in [3.05, 3.63) is 16.1 Å². The Balaban J connectivity index is 2.02. The molecule has 0 radical (unpaired) electrons. The maximum Gasteiger partial charge on any atom is 0.242 e. The molecule has 1 saturated heterocycles. The Kier molecular flexibility index (Phi) is 4.02. The number of aryl methyl sites for hydroxylation is 1. The first-order chi connectivity index (χ1) is 8.53. The molecule has 1 fully saturated rings. The van der Waals surface area contributed by atoms with Crippen LogP contribution in [0.4, 0.5) is 0 Å². The lowest BCUT2D eigenvalue weighted by molar-refractivity contribution is -0.137. The van der Waals surface area contributed by atoms with E-state index in [2.05, 4.69) is 10.3 Å². The van der Waals surface area contributed by atoms with Gasteiger partial charge in [-0.15, -0.1) is 11.3 Å². The van der Waals surface area contributed by atoms with Gasteiger partial charge in [-0.05, 0) is 39.7 Å². The van der Waals surface area contributed by atoms with Crippen LogP contribution >= 0.6 is 11.3 Å². The Morgan fingerprint density at radius 1 is 1.61 bits per heavy atom. The fourth-order valence-corrected chi connectivity index (χ4v) is 3.25. The molecule has 1 atom stereocenters. The molecule has 0 bridgehead atoms. The summed E-state index contributed by atoms with van der Waals surface area (Å²) in [5.74, 6) is 0.190. The summed E-state index contributed by atoms with van der Waals surface area (Å²) in [6.07, 6.45) is 3.22. The average molecular weight is 267 g/mol. The minimum absolute atomic E-state index is 0.190. The van der Waals surface area contributed by atoms with E-state index in [1.165, 1.54) is 11.3 Å². The van der Waals surface area contributed by atoms with Crippen molar-refractivity contribution in [2.45, 2.75) is 45.2 Å². The molecular formula is C13H21N3OS. The summed E-state index contributed by atoms with van der Waals surface area (Å²) < 4.78 is 0. The molecule has 4 nitrogen and oxygen atoms in total. The summed E-state index contributed by atoms with van der Waals surface area (Å²) >= 11 is 1.62. The highest BCUT2D eigenvalue weighted by Crippen LogP contribution is 2.22. The average Bonchev–Trinajstić information content (AvgIpc) is 2.75. The topological polar surface area (TPSA) is 45.2 Å². The number of hydrogen-bond donors (Lipinski definition) is 1. The molecular weight excluding hydrogens is 246 g/mol. The van der Waals surface area contributed by atoms with Gasteiger partial charge in [0.15, 0.2) is 0 Å². The zero-order valence-electron chi connectivity index (χ0n) is 11.3. The van der Waals surface area contributed by atoms with Gasteiger partial charge in [-0.3, -0.25) is 4.79 Å². The van der Waals surface area contributed by atoms with Gasteiger partial charge in [-0.1, -0.05) is 0 Å². The summed E-state index contributed by atoms with van der Waals surface area (Å²) in [7, 11) is 1.88. The van der Waals surface area contributed by atoms with Gasteiger partial charge in [-0.25, -0.2) is 4.98 Å². The van der Waals surface area contributed by atoms with Crippen LogP contribution in [0.3, 0.4) is 0 Å². The summed E-state index contributed by atoms with van der Waals surface area (Å²) in [5.41, 5.74) is 2.48. The highest BCUT2D eigenvalue weighted by Gasteiger charge is 2.36. The van der Waals surface area contributed by atoms with Crippen molar-refractivity contribution in [2.24, 2.45) is 0 Å². The third-order valence-electron chi connectivity index (χ3n) is 3.66. The lowest BCUT2D eigenvalue weighted by atomic mass is 9.89.